The molecule has 2 saturated heterocycles. The van der Waals surface area contributed by atoms with Crippen LogP contribution in [0.15, 0.2) is 73.2 Å². The van der Waals surface area contributed by atoms with Gasteiger partial charge in [0.2, 0.25) is 5.95 Å². The van der Waals surface area contributed by atoms with Crippen LogP contribution in [0.1, 0.15) is 24.4 Å². The van der Waals surface area contributed by atoms with Gasteiger partial charge in [-0.05, 0) is 54.8 Å². The van der Waals surface area contributed by atoms with E-state index in [4.69, 9.17) is 14.8 Å². The molecule has 2 fully saturated rings. The molecule has 4 aromatic heterocycles. The Morgan fingerprint density at radius 1 is 0.846 bits per heavy atom. The SMILES string of the molecule is Fc1cccc(C2CCCN2c2ccc3ncc(-c4cccc(-c5cnc(N6CCOCC6)nc5)n4)n3n2)c1. The Bertz CT molecular complexity index is 1620. The molecule has 0 N–H and O–H groups in total. The van der Waals surface area contributed by atoms with Gasteiger partial charge in [-0.25, -0.2) is 28.8 Å². The molecule has 2 aliphatic rings. The first-order chi connectivity index (χ1) is 19.2. The lowest BCUT2D eigenvalue weighted by atomic mass is 10.0. The second-order valence-electron chi connectivity index (χ2n) is 9.79. The molecular formula is C29H27FN8O. The largest absolute Gasteiger partial charge is 0.378 e. The van der Waals surface area contributed by atoms with E-state index in [1.807, 2.05) is 53.3 Å². The number of anilines is 2. The van der Waals surface area contributed by atoms with E-state index in [1.54, 1.807) is 18.3 Å². The van der Waals surface area contributed by atoms with Gasteiger partial charge in [-0.1, -0.05) is 18.2 Å². The first-order valence-electron chi connectivity index (χ1n) is 13.2. The molecule has 10 heteroatoms. The van der Waals surface area contributed by atoms with E-state index in [1.165, 1.54) is 6.07 Å². The van der Waals surface area contributed by atoms with Gasteiger partial charge in [0.1, 0.15) is 17.3 Å². The van der Waals surface area contributed by atoms with E-state index in [9.17, 15) is 4.39 Å². The van der Waals surface area contributed by atoms with Crippen LogP contribution in [0.4, 0.5) is 16.2 Å². The van der Waals surface area contributed by atoms with Crippen molar-refractivity contribution in [3.8, 4) is 22.6 Å². The molecule has 0 aliphatic carbocycles. The van der Waals surface area contributed by atoms with Gasteiger partial charge < -0.3 is 14.5 Å². The van der Waals surface area contributed by atoms with Gasteiger partial charge in [0.05, 0.1) is 36.8 Å². The Morgan fingerprint density at radius 3 is 2.51 bits per heavy atom. The van der Waals surface area contributed by atoms with E-state index in [0.717, 1.165) is 72.1 Å². The average Bonchev–Trinajstić information content (AvgIpc) is 3.65. The summed E-state index contributed by atoms with van der Waals surface area (Å²) in [5, 5.41) is 4.96. The summed E-state index contributed by atoms with van der Waals surface area (Å²) in [6.45, 7) is 3.81. The van der Waals surface area contributed by atoms with Crippen LogP contribution in [0.3, 0.4) is 0 Å². The minimum atomic E-state index is -0.216. The zero-order valence-electron chi connectivity index (χ0n) is 21.3. The lowest BCUT2D eigenvalue weighted by Crippen LogP contribution is -2.37. The molecule has 0 bridgehead atoms. The summed E-state index contributed by atoms with van der Waals surface area (Å²) >= 11 is 0. The van der Waals surface area contributed by atoms with Crippen LogP contribution < -0.4 is 9.80 Å². The van der Waals surface area contributed by atoms with Gasteiger partial charge in [0, 0.05) is 37.6 Å². The van der Waals surface area contributed by atoms with E-state index in [0.29, 0.717) is 19.2 Å². The molecule has 6 heterocycles. The highest BCUT2D eigenvalue weighted by Crippen LogP contribution is 2.35. The highest BCUT2D eigenvalue weighted by molar-refractivity contribution is 5.66. The Balaban J connectivity index is 1.19. The van der Waals surface area contributed by atoms with Crippen molar-refractivity contribution in [1.82, 2.24) is 29.5 Å². The Labute approximate surface area is 224 Å². The monoisotopic (exact) mass is 522 g/mol. The highest BCUT2D eigenvalue weighted by atomic mass is 19.1. The van der Waals surface area contributed by atoms with Crippen molar-refractivity contribution in [3.63, 3.8) is 0 Å². The summed E-state index contributed by atoms with van der Waals surface area (Å²) in [7, 11) is 0. The number of pyridine rings is 1. The van der Waals surface area contributed by atoms with Gasteiger partial charge in [0.15, 0.2) is 5.65 Å². The van der Waals surface area contributed by atoms with Crippen molar-refractivity contribution in [1.29, 1.82) is 0 Å². The first-order valence-corrected chi connectivity index (χ1v) is 13.2. The van der Waals surface area contributed by atoms with Crippen LogP contribution in [0.25, 0.3) is 28.3 Å². The third-order valence-electron chi connectivity index (χ3n) is 7.37. The van der Waals surface area contributed by atoms with Gasteiger partial charge in [-0.15, -0.1) is 5.10 Å². The number of imidazole rings is 1. The minimum absolute atomic E-state index is 0.0829. The maximum absolute atomic E-state index is 13.9. The van der Waals surface area contributed by atoms with E-state index in [2.05, 4.69) is 24.8 Å². The van der Waals surface area contributed by atoms with Gasteiger partial charge in [-0.2, -0.15) is 0 Å². The molecule has 0 radical (unpaired) electrons. The van der Waals surface area contributed by atoms with Crippen LogP contribution in [-0.4, -0.2) is 62.4 Å². The minimum Gasteiger partial charge on any atom is -0.378 e. The molecule has 0 saturated carbocycles. The van der Waals surface area contributed by atoms with Crippen LogP contribution in [0, 0.1) is 5.82 Å². The van der Waals surface area contributed by atoms with Crippen molar-refractivity contribution < 1.29 is 9.13 Å². The van der Waals surface area contributed by atoms with Gasteiger partial charge in [-0.3, -0.25) is 0 Å². The quantitative estimate of drug-likeness (QED) is 0.332. The molecule has 7 rings (SSSR count). The smallest absolute Gasteiger partial charge is 0.225 e. The number of halogens is 1. The molecule has 39 heavy (non-hydrogen) atoms. The fourth-order valence-corrected chi connectivity index (χ4v) is 5.41. The molecule has 1 unspecified atom stereocenters. The number of benzene rings is 1. The summed E-state index contributed by atoms with van der Waals surface area (Å²) < 4.78 is 21.2. The summed E-state index contributed by atoms with van der Waals surface area (Å²) in [5.41, 5.74) is 4.87. The van der Waals surface area contributed by atoms with E-state index < -0.39 is 0 Å². The second-order valence-corrected chi connectivity index (χ2v) is 9.79. The average molecular weight is 523 g/mol. The summed E-state index contributed by atoms with van der Waals surface area (Å²) in [6, 6.07) is 16.8. The molecule has 2 aliphatic heterocycles. The number of hydrogen-bond donors (Lipinski definition) is 0. The molecule has 0 amide bonds. The second kappa shape index (κ2) is 10.0. The number of morpholine rings is 1. The van der Waals surface area contributed by atoms with Crippen LogP contribution in [-0.2, 0) is 4.74 Å². The number of ether oxygens (including phenoxy) is 1. The predicted molar refractivity (Wildman–Crippen MR) is 146 cm³/mol. The third kappa shape index (κ3) is 4.57. The Kier molecular flexibility index (Phi) is 6.08. The zero-order chi connectivity index (χ0) is 26.2. The number of hydrogen-bond acceptors (Lipinski definition) is 8. The fraction of sp³-hybridized carbons (Fsp3) is 0.276. The molecule has 0 spiro atoms. The van der Waals surface area contributed by atoms with E-state index in [-0.39, 0.29) is 11.9 Å². The Hall–Kier alpha value is -4.44. The number of fused-ring (bicyclic) bond motifs is 1. The van der Waals surface area contributed by atoms with Crippen molar-refractivity contribution in [2.75, 3.05) is 42.6 Å². The van der Waals surface area contributed by atoms with Crippen molar-refractivity contribution in [2.45, 2.75) is 18.9 Å². The van der Waals surface area contributed by atoms with Crippen LogP contribution >= 0.6 is 0 Å². The normalized spacial score (nSPS) is 17.7. The van der Waals surface area contributed by atoms with Crippen molar-refractivity contribution in [2.24, 2.45) is 0 Å². The molecule has 1 atom stereocenters. The summed E-state index contributed by atoms with van der Waals surface area (Å²) in [5.74, 6) is 1.32. The predicted octanol–water partition coefficient (Wildman–Crippen LogP) is 4.57. The van der Waals surface area contributed by atoms with Crippen LogP contribution in [0.2, 0.25) is 0 Å². The molecule has 196 valence electrons. The molecule has 5 aromatic rings. The maximum Gasteiger partial charge on any atom is 0.225 e. The van der Waals surface area contributed by atoms with Crippen molar-refractivity contribution >= 4 is 17.4 Å². The number of nitrogens with zero attached hydrogens (tertiary/aromatic N) is 8. The Morgan fingerprint density at radius 2 is 1.67 bits per heavy atom. The fourth-order valence-electron chi connectivity index (χ4n) is 5.41. The summed E-state index contributed by atoms with van der Waals surface area (Å²) in [6.07, 6.45) is 7.40. The van der Waals surface area contributed by atoms with Crippen molar-refractivity contribution in [3.05, 3.63) is 84.6 Å². The lowest BCUT2D eigenvalue weighted by Gasteiger charge is -2.26. The number of rotatable bonds is 5. The van der Waals surface area contributed by atoms with Crippen LogP contribution in [0.5, 0.6) is 0 Å². The van der Waals surface area contributed by atoms with Gasteiger partial charge >= 0.3 is 0 Å². The first kappa shape index (κ1) is 23.7. The van der Waals surface area contributed by atoms with E-state index >= 15 is 0 Å². The molecule has 1 aromatic carbocycles. The molecular weight excluding hydrogens is 495 g/mol. The topological polar surface area (TPSA) is 84.6 Å². The third-order valence-corrected chi connectivity index (χ3v) is 7.37. The lowest BCUT2D eigenvalue weighted by molar-refractivity contribution is 0.122. The number of aromatic nitrogens is 6. The van der Waals surface area contributed by atoms with Gasteiger partial charge in [0.25, 0.3) is 0 Å². The summed E-state index contributed by atoms with van der Waals surface area (Å²) in [4.78, 5) is 23.0. The molecule has 9 nitrogen and oxygen atoms in total. The zero-order valence-corrected chi connectivity index (χ0v) is 21.3. The standard InChI is InChI=1S/C29H27FN8O/c30-22-5-1-4-20(16-22)25-8-3-11-37(25)28-10-9-27-31-19-26(38(27)35-28)24-7-2-6-23(34-24)21-17-32-29(33-18-21)36-12-14-39-15-13-36/h1-2,4-7,9-10,16-19,25H,3,8,11-15H2. The highest BCUT2D eigenvalue weighted by Gasteiger charge is 2.28. The maximum atomic E-state index is 13.9.